The number of ether oxygens (including phenoxy) is 1. The fourth-order valence-corrected chi connectivity index (χ4v) is 0.672. The molecule has 0 aliphatic heterocycles. The molecular formula is C8H16N2O3. The van der Waals surface area contributed by atoms with Gasteiger partial charge in [0, 0.05) is 13.1 Å². The molecule has 76 valence electrons. The number of carbonyl (C=O) groups is 2. The van der Waals surface area contributed by atoms with Crippen LogP contribution in [0.3, 0.4) is 0 Å². The van der Waals surface area contributed by atoms with E-state index in [4.69, 9.17) is 4.74 Å². The lowest BCUT2D eigenvalue weighted by Crippen LogP contribution is -2.34. The van der Waals surface area contributed by atoms with Gasteiger partial charge in [-0.1, -0.05) is 0 Å². The van der Waals surface area contributed by atoms with Crippen LogP contribution in [0.15, 0.2) is 0 Å². The van der Waals surface area contributed by atoms with Crippen LogP contribution in [-0.2, 0) is 14.3 Å². The van der Waals surface area contributed by atoms with Crippen molar-refractivity contribution in [3.8, 4) is 0 Å². The SMILES string of the molecule is CNC(=O)COCC(=O)NC(C)C. The number of hydrogen-bond donors (Lipinski definition) is 2. The average Bonchev–Trinajstić information content (AvgIpc) is 2.02. The van der Waals surface area contributed by atoms with E-state index in [9.17, 15) is 9.59 Å². The highest BCUT2D eigenvalue weighted by atomic mass is 16.5. The fraction of sp³-hybridized carbons (Fsp3) is 0.750. The first-order chi connectivity index (χ1) is 6.06. The highest BCUT2D eigenvalue weighted by Gasteiger charge is 2.04. The van der Waals surface area contributed by atoms with Gasteiger partial charge in [0.05, 0.1) is 0 Å². The number of rotatable bonds is 5. The van der Waals surface area contributed by atoms with Crippen molar-refractivity contribution in [1.29, 1.82) is 0 Å². The standard InChI is InChI=1S/C8H16N2O3/c1-6(2)10-8(12)5-13-4-7(11)9-3/h6H,4-5H2,1-3H3,(H,9,11)(H,10,12). The summed E-state index contributed by atoms with van der Waals surface area (Å²) in [5, 5.41) is 5.02. The topological polar surface area (TPSA) is 67.4 Å². The van der Waals surface area contributed by atoms with E-state index in [0.29, 0.717) is 0 Å². The Bertz CT molecular complexity index is 180. The minimum Gasteiger partial charge on any atom is -0.362 e. The zero-order chi connectivity index (χ0) is 10.3. The van der Waals surface area contributed by atoms with Gasteiger partial charge in [-0.25, -0.2) is 0 Å². The Kier molecular flexibility index (Phi) is 5.88. The molecule has 0 saturated heterocycles. The van der Waals surface area contributed by atoms with E-state index in [2.05, 4.69) is 10.6 Å². The lowest BCUT2D eigenvalue weighted by molar-refractivity contribution is -0.130. The molecule has 0 aromatic heterocycles. The van der Waals surface area contributed by atoms with Crippen molar-refractivity contribution in [2.45, 2.75) is 19.9 Å². The minimum absolute atomic E-state index is 0.0778. The molecule has 0 spiro atoms. The van der Waals surface area contributed by atoms with Gasteiger partial charge >= 0.3 is 0 Å². The lowest BCUT2D eigenvalue weighted by Gasteiger charge is -2.07. The van der Waals surface area contributed by atoms with Crippen molar-refractivity contribution < 1.29 is 14.3 Å². The van der Waals surface area contributed by atoms with Crippen molar-refractivity contribution in [3.63, 3.8) is 0 Å². The van der Waals surface area contributed by atoms with Crippen LogP contribution in [0, 0.1) is 0 Å². The smallest absolute Gasteiger partial charge is 0.246 e. The summed E-state index contributed by atoms with van der Waals surface area (Å²) in [6, 6.07) is 0.0936. The van der Waals surface area contributed by atoms with Crippen LogP contribution in [-0.4, -0.2) is 38.1 Å². The summed E-state index contributed by atoms with van der Waals surface area (Å²) in [5.41, 5.74) is 0. The monoisotopic (exact) mass is 188 g/mol. The van der Waals surface area contributed by atoms with Crippen LogP contribution >= 0.6 is 0 Å². The van der Waals surface area contributed by atoms with Gasteiger partial charge in [-0.2, -0.15) is 0 Å². The molecule has 5 nitrogen and oxygen atoms in total. The molecule has 13 heavy (non-hydrogen) atoms. The number of likely N-dealkylation sites (N-methyl/N-ethyl adjacent to an activating group) is 1. The molecule has 5 heteroatoms. The molecule has 0 rings (SSSR count). The van der Waals surface area contributed by atoms with E-state index in [0.717, 1.165) is 0 Å². The molecule has 0 aromatic rings. The van der Waals surface area contributed by atoms with Gasteiger partial charge < -0.3 is 15.4 Å². The number of carbonyl (C=O) groups excluding carboxylic acids is 2. The Balaban J connectivity index is 3.42. The quantitative estimate of drug-likeness (QED) is 0.598. The van der Waals surface area contributed by atoms with Crippen LogP contribution in [0.1, 0.15) is 13.8 Å². The first-order valence-corrected chi connectivity index (χ1v) is 4.14. The molecule has 0 aliphatic rings. The van der Waals surface area contributed by atoms with Crippen molar-refractivity contribution in [2.75, 3.05) is 20.3 Å². The molecule has 2 amide bonds. The Hall–Kier alpha value is -1.10. The number of hydrogen-bond acceptors (Lipinski definition) is 3. The van der Waals surface area contributed by atoms with Crippen molar-refractivity contribution >= 4 is 11.8 Å². The second-order valence-corrected chi connectivity index (χ2v) is 2.89. The van der Waals surface area contributed by atoms with Gasteiger partial charge in [-0.15, -0.1) is 0 Å². The van der Waals surface area contributed by atoms with Gasteiger partial charge in [-0.3, -0.25) is 9.59 Å². The predicted octanol–water partition coefficient (Wildman–Crippen LogP) is -0.726. The van der Waals surface area contributed by atoms with Crippen molar-refractivity contribution in [1.82, 2.24) is 10.6 Å². The third-order valence-corrected chi connectivity index (χ3v) is 1.19. The van der Waals surface area contributed by atoms with Crippen molar-refractivity contribution in [2.24, 2.45) is 0 Å². The van der Waals surface area contributed by atoms with Gasteiger partial charge in [0.15, 0.2) is 0 Å². The zero-order valence-corrected chi connectivity index (χ0v) is 8.22. The first kappa shape index (κ1) is 11.9. The maximum atomic E-state index is 11.0. The Morgan fingerprint density at radius 2 is 1.77 bits per heavy atom. The molecule has 0 fully saturated rings. The van der Waals surface area contributed by atoms with Crippen LogP contribution in [0.4, 0.5) is 0 Å². The molecule has 0 unspecified atom stereocenters. The molecule has 0 bridgehead atoms. The van der Waals surface area contributed by atoms with E-state index < -0.39 is 0 Å². The van der Waals surface area contributed by atoms with Gasteiger partial charge in [0.25, 0.3) is 0 Å². The maximum absolute atomic E-state index is 11.0. The summed E-state index contributed by atoms with van der Waals surface area (Å²) in [7, 11) is 1.51. The molecule has 0 atom stereocenters. The highest BCUT2D eigenvalue weighted by molar-refractivity contribution is 5.79. The molecule has 0 heterocycles. The second-order valence-electron chi connectivity index (χ2n) is 2.89. The highest BCUT2D eigenvalue weighted by Crippen LogP contribution is 1.79. The van der Waals surface area contributed by atoms with Crippen LogP contribution < -0.4 is 10.6 Å². The third kappa shape index (κ3) is 7.27. The van der Waals surface area contributed by atoms with E-state index in [1.807, 2.05) is 13.8 Å². The average molecular weight is 188 g/mol. The molecule has 0 aliphatic carbocycles. The van der Waals surface area contributed by atoms with E-state index in [-0.39, 0.29) is 31.1 Å². The maximum Gasteiger partial charge on any atom is 0.246 e. The Morgan fingerprint density at radius 1 is 1.23 bits per heavy atom. The zero-order valence-electron chi connectivity index (χ0n) is 8.22. The normalized spacial score (nSPS) is 9.85. The minimum atomic E-state index is -0.239. The first-order valence-electron chi connectivity index (χ1n) is 4.14. The largest absolute Gasteiger partial charge is 0.362 e. The van der Waals surface area contributed by atoms with Gasteiger partial charge in [0.2, 0.25) is 11.8 Å². The summed E-state index contributed by atoms with van der Waals surface area (Å²) in [4.78, 5) is 21.6. The fourth-order valence-electron chi connectivity index (χ4n) is 0.672. The van der Waals surface area contributed by atoms with Gasteiger partial charge in [0.1, 0.15) is 13.2 Å². The molecule has 0 saturated carbocycles. The molecular weight excluding hydrogens is 172 g/mol. The summed E-state index contributed by atoms with van der Waals surface area (Å²) >= 11 is 0. The van der Waals surface area contributed by atoms with E-state index in [1.165, 1.54) is 7.05 Å². The predicted molar refractivity (Wildman–Crippen MR) is 48.2 cm³/mol. The lowest BCUT2D eigenvalue weighted by atomic mass is 10.4. The summed E-state index contributed by atoms with van der Waals surface area (Å²) in [5.74, 6) is -0.448. The van der Waals surface area contributed by atoms with E-state index in [1.54, 1.807) is 0 Å². The van der Waals surface area contributed by atoms with E-state index >= 15 is 0 Å². The summed E-state index contributed by atoms with van der Waals surface area (Å²) < 4.78 is 4.82. The van der Waals surface area contributed by atoms with Gasteiger partial charge in [-0.05, 0) is 13.8 Å². The van der Waals surface area contributed by atoms with Crippen LogP contribution in [0.5, 0.6) is 0 Å². The molecule has 0 aromatic carbocycles. The second kappa shape index (κ2) is 6.42. The summed E-state index contributed by atoms with van der Waals surface area (Å²) in [6.07, 6.45) is 0. The number of amides is 2. The van der Waals surface area contributed by atoms with Crippen molar-refractivity contribution in [3.05, 3.63) is 0 Å². The van der Waals surface area contributed by atoms with Crippen LogP contribution in [0.2, 0.25) is 0 Å². The molecule has 0 radical (unpaired) electrons. The third-order valence-electron chi connectivity index (χ3n) is 1.19. The molecule has 2 N–H and O–H groups in total. The van der Waals surface area contributed by atoms with Crippen LogP contribution in [0.25, 0.3) is 0 Å². The number of nitrogens with one attached hydrogen (secondary N) is 2. The Morgan fingerprint density at radius 3 is 2.23 bits per heavy atom. The Labute approximate surface area is 77.8 Å². The summed E-state index contributed by atoms with van der Waals surface area (Å²) in [6.45, 7) is 3.56.